The Morgan fingerprint density at radius 3 is 2.88 bits per heavy atom. The SMILES string of the molecule is CCCc1cc(NC2CCN(C(=O)OCC)CC2)n2nccc2n1. The lowest BCUT2D eigenvalue weighted by Gasteiger charge is -2.32. The van der Waals surface area contributed by atoms with Gasteiger partial charge in [-0.15, -0.1) is 0 Å². The second-order valence-corrected chi connectivity index (χ2v) is 6.09. The van der Waals surface area contributed by atoms with Gasteiger partial charge in [0.05, 0.1) is 12.8 Å². The summed E-state index contributed by atoms with van der Waals surface area (Å²) in [5.41, 5.74) is 1.95. The van der Waals surface area contributed by atoms with E-state index in [0.29, 0.717) is 25.7 Å². The van der Waals surface area contributed by atoms with E-state index in [1.165, 1.54) is 0 Å². The number of nitrogens with zero attached hydrogens (tertiary/aromatic N) is 4. The van der Waals surface area contributed by atoms with Crippen LogP contribution in [0.4, 0.5) is 10.6 Å². The Bertz CT molecular complexity index is 691. The molecule has 1 aliphatic rings. The van der Waals surface area contributed by atoms with Gasteiger partial charge in [-0.05, 0) is 26.2 Å². The lowest BCUT2D eigenvalue weighted by molar-refractivity contribution is 0.0983. The second-order valence-electron chi connectivity index (χ2n) is 6.09. The summed E-state index contributed by atoms with van der Waals surface area (Å²) < 4.78 is 6.91. The molecule has 7 heteroatoms. The average Bonchev–Trinajstić information content (AvgIpc) is 3.05. The maximum Gasteiger partial charge on any atom is 0.409 e. The molecular weight excluding hydrogens is 306 g/mol. The van der Waals surface area contributed by atoms with E-state index in [1.54, 1.807) is 11.1 Å². The van der Waals surface area contributed by atoms with Crippen LogP contribution in [0.3, 0.4) is 0 Å². The third-order valence-electron chi connectivity index (χ3n) is 4.29. The van der Waals surface area contributed by atoms with Crippen LogP contribution in [0.1, 0.15) is 38.8 Å². The van der Waals surface area contributed by atoms with Crippen LogP contribution < -0.4 is 5.32 Å². The van der Waals surface area contributed by atoms with Crippen molar-refractivity contribution in [3.05, 3.63) is 24.0 Å². The molecule has 7 nitrogen and oxygen atoms in total. The summed E-state index contributed by atoms with van der Waals surface area (Å²) in [5, 5.41) is 7.94. The van der Waals surface area contributed by atoms with E-state index in [1.807, 2.05) is 17.5 Å². The van der Waals surface area contributed by atoms with E-state index >= 15 is 0 Å². The van der Waals surface area contributed by atoms with Crippen LogP contribution in [0.25, 0.3) is 5.65 Å². The zero-order chi connectivity index (χ0) is 16.9. The van der Waals surface area contributed by atoms with Crippen molar-refractivity contribution in [3.63, 3.8) is 0 Å². The number of rotatable bonds is 5. The number of fused-ring (bicyclic) bond motifs is 1. The number of nitrogens with one attached hydrogen (secondary N) is 1. The van der Waals surface area contributed by atoms with Crippen LogP contribution in [0.5, 0.6) is 0 Å². The lowest BCUT2D eigenvalue weighted by atomic mass is 10.1. The van der Waals surface area contributed by atoms with Gasteiger partial charge in [-0.1, -0.05) is 13.3 Å². The first-order valence-electron chi connectivity index (χ1n) is 8.73. The summed E-state index contributed by atoms with van der Waals surface area (Å²) in [6, 6.07) is 4.33. The first-order valence-corrected chi connectivity index (χ1v) is 8.73. The van der Waals surface area contributed by atoms with Crippen LogP contribution in [-0.4, -0.2) is 51.3 Å². The molecule has 0 bridgehead atoms. The predicted octanol–water partition coefficient (Wildman–Crippen LogP) is 2.71. The van der Waals surface area contributed by atoms with E-state index in [-0.39, 0.29) is 6.09 Å². The van der Waals surface area contributed by atoms with Gasteiger partial charge in [-0.25, -0.2) is 9.78 Å². The highest BCUT2D eigenvalue weighted by molar-refractivity contribution is 5.67. The molecule has 2 aromatic heterocycles. The summed E-state index contributed by atoms with van der Waals surface area (Å²) in [7, 11) is 0. The van der Waals surface area contributed by atoms with E-state index in [0.717, 1.165) is 42.8 Å². The number of hydrogen-bond acceptors (Lipinski definition) is 5. The summed E-state index contributed by atoms with van der Waals surface area (Å²) in [6.07, 6.45) is 5.37. The van der Waals surface area contributed by atoms with Crippen molar-refractivity contribution >= 4 is 17.6 Å². The molecular formula is C17H25N5O2. The Morgan fingerprint density at radius 1 is 1.38 bits per heavy atom. The van der Waals surface area contributed by atoms with Crippen molar-refractivity contribution in [1.29, 1.82) is 0 Å². The Labute approximate surface area is 142 Å². The quantitative estimate of drug-likeness (QED) is 0.912. The standard InChI is InChI=1S/C17H25N5O2/c1-3-5-14-12-16(22-15(20-14)6-9-18-22)19-13-7-10-21(11-8-13)17(23)24-4-2/h6,9,12-13,19H,3-5,7-8,10-11H2,1-2H3. The lowest BCUT2D eigenvalue weighted by Crippen LogP contribution is -2.42. The van der Waals surface area contributed by atoms with E-state index < -0.39 is 0 Å². The average molecular weight is 331 g/mol. The van der Waals surface area contributed by atoms with Crippen LogP contribution in [-0.2, 0) is 11.2 Å². The fourth-order valence-corrected chi connectivity index (χ4v) is 3.08. The molecule has 130 valence electrons. The number of carbonyl (C=O) groups excluding carboxylic acids is 1. The molecule has 3 heterocycles. The number of piperidine rings is 1. The molecule has 2 aromatic rings. The smallest absolute Gasteiger partial charge is 0.409 e. The molecule has 0 radical (unpaired) electrons. The first-order chi connectivity index (χ1) is 11.7. The van der Waals surface area contributed by atoms with Gasteiger partial charge in [0.15, 0.2) is 5.65 Å². The van der Waals surface area contributed by atoms with Gasteiger partial charge in [0.25, 0.3) is 0 Å². The zero-order valence-electron chi connectivity index (χ0n) is 14.4. The number of aryl methyl sites for hydroxylation is 1. The van der Waals surface area contributed by atoms with E-state index in [2.05, 4.69) is 28.4 Å². The van der Waals surface area contributed by atoms with Crippen LogP contribution in [0.2, 0.25) is 0 Å². The Hall–Kier alpha value is -2.31. The van der Waals surface area contributed by atoms with Crippen molar-refractivity contribution in [1.82, 2.24) is 19.5 Å². The number of likely N-dealkylation sites (tertiary alicyclic amines) is 1. The number of hydrogen-bond donors (Lipinski definition) is 1. The van der Waals surface area contributed by atoms with Gasteiger partial charge < -0.3 is 15.0 Å². The molecule has 0 aliphatic carbocycles. The Morgan fingerprint density at radius 2 is 2.17 bits per heavy atom. The minimum atomic E-state index is -0.209. The van der Waals surface area contributed by atoms with Gasteiger partial charge in [0, 0.05) is 37.0 Å². The summed E-state index contributed by atoms with van der Waals surface area (Å²) >= 11 is 0. The zero-order valence-corrected chi connectivity index (χ0v) is 14.4. The van der Waals surface area contributed by atoms with Gasteiger partial charge in [-0.2, -0.15) is 9.61 Å². The monoisotopic (exact) mass is 331 g/mol. The largest absolute Gasteiger partial charge is 0.450 e. The number of ether oxygens (including phenoxy) is 1. The Kier molecular flexibility index (Phi) is 5.17. The van der Waals surface area contributed by atoms with E-state index in [4.69, 9.17) is 4.74 Å². The summed E-state index contributed by atoms with van der Waals surface area (Å²) in [6.45, 7) is 5.84. The number of carbonyl (C=O) groups is 1. The van der Waals surface area contributed by atoms with E-state index in [9.17, 15) is 4.79 Å². The molecule has 3 rings (SSSR count). The molecule has 0 atom stereocenters. The van der Waals surface area contributed by atoms with Gasteiger partial charge in [-0.3, -0.25) is 0 Å². The normalized spacial score (nSPS) is 15.7. The molecule has 1 aliphatic heterocycles. The molecule has 0 saturated carbocycles. The topological polar surface area (TPSA) is 71.8 Å². The fraction of sp³-hybridized carbons (Fsp3) is 0.588. The van der Waals surface area contributed by atoms with Crippen molar-refractivity contribution in [3.8, 4) is 0 Å². The number of amides is 1. The number of anilines is 1. The summed E-state index contributed by atoms with van der Waals surface area (Å²) in [4.78, 5) is 18.2. The van der Waals surface area contributed by atoms with Gasteiger partial charge in [0.1, 0.15) is 5.82 Å². The molecule has 0 spiro atoms. The molecule has 1 N–H and O–H groups in total. The second kappa shape index (κ2) is 7.51. The van der Waals surface area contributed by atoms with Crippen molar-refractivity contribution in [2.24, 2.45) is 0 Å². The molecule has 1 fully saturated rings. The maximum absolute atomic E-state index is 11.8. The fourth-order valence-electron chi connectivity index (χ4n) is 3.08. The third-order valence-corrected chi connectivity index (χ3v) is 4.29. The minimum Gasteiger partial charge on any atom is -0.450 e. The molecule has 1 saturated heterocycles. The van der Waals surface area contributed by atoms with Crippen LogP contribution >= 0.6 is 0 Å². The highest BCUT2D eigenvalue weighted by atomic mass is 16.6. The molecule has 0 aromatic carbocycles. The summed E-state index contributed by atoms with van der Waals surface area (Å²) in [5.74, 6) is 0.975. The predicted molar refractivity (Wildman–Crippen MR) is 92.2 cm³/mol. The van der Waals surface area contributed by atoms with Crippen molar-refractivity contribution in [2.45, 2.75) is 45.6 Å². The van der Waals surface area contributed by atoms with Crippen LogP contribution in [0.15, 0.2) is 18.3 Å². The first kappa shape index (κ1) is 16.5. The van der Waals surface area contributed by atoms with Gasteiger partial charge >= 0.3 is 6.09 Å². The third kappa shape index (κ3) is 3.60. The molecule has 1 amide bonds. The molecule has 24 heavy (non-hydrogen) atoms. The maximum atomic E-state index is 11.8. The van der Waals surface area contributed by atoms with Crippen molar-refractivity contribution < 1.29 is 9.53 Å². The Balaban J connectivity index is 1.67. The van der Waals surface area contributed by atoms with Crippen LogP contribution in [0, 0.1) is 0 Å². The van der Waals surface area contributed by atoms with Gasteiger partial charge in [0.2, 0.25) is 0 Å². The molecule has 0 unspecified atom stereocenters. The minimum absolute atomic E-state index is 0.209. The van der Waals surface area contributed by atoms with Crippen molar-refractivity contribution in [2.75, 3.05) is 25.0 Å². The highest BCUT2D eigenvalue weighted by Gasteiger charge is 2.24. The number of aromatic nitrogens is 3. The highest BCUT2D eigenvalue weighted by Crippen LogP contribution is 2.19.